The molecule has 0 saturated carbocycles. The van der Waals surface area contributed by atoms with E-state index in [0.717, 1.165) is 5.56 Å². The highest BCUT2D eigenvalue weighted by Crippen LogP contribution is 2.04. The monoisotopic (exact) mass is 271 g/mol. The van der Waals surface area contributed by atoms with Gasteiger partial charge in [-0.05, 0) is 37.6 Å². The van der Waals surface area contributed by atoms with Gasteiger partial charge in [-0.3, -0.25) is 9.78 Å². The second kappa shape index (κ2) is 6.60. The fraction of sp³-hybridized carbons (Fsp3) is 0.286. The molecule has 0 aliphatic heterocycles. The van der Waals surface area contributed by atoms with Crippen molar-refractivity contribution in [2.45, 2.75) is 26.4 Å². The molecule has 2 aromatic rings. The number of anilines is 1. The number of carbonyl (C=O) groups is 1. The summed E-state index contributed by atoms with van der Waals surface area (Å²) in [5, 5.41) is 5.87. The smallest absolute Gasteiger partial charge is 0.270 e. The lowest BCUT2D eigenvalue weighted by Crippen LogP contribution is -2.30. The molecule has 0 bridgehead atoms. The van der Waals surface area contributed by atoms with Crippen LogP contribution >= 0.6 is 0 Å². The van der Waals surface area contributed by atoms with Crippen molar-refractivity contribution in [3.8, 4) is 0 Å². The normalized spacial score (nSPS) is 10.3. The second-order valence-electron chi connectivity index (χ2n) is 4.60. The summed E-state index contributed by atoms with van der Waals surface area (Å²) in [5.74, 6) is 0.229. The van der Waals surface area contributed by atoms with Crippen molar-refractivity contribution in [3.05, 3.63) is 48.0 Å². The van der Waals surface area contributed by atoms with Gasteiger partial charge in [0.25, 0.3) is 5.91 Å². The molecule has 0 spiro atoms. The van der Waals surface area contributed by atoms with Gasteiger partial charge < -0.3 is 10.6 Å². The Morgan fingerprint density at radius 3 is 2.65 bits per heavy atom. The number of nitrogens with one attached hydrogen (secondary N) is 2. The SMILES string of the molecule is CC(C)NC(=O)c1ccnc(NCc2ccncc2)n1. The molecule has 6 nitrogen and oxygen atoms in total. The first-order valence-electron chi connectivity index (χ1n) is 6.42. The summed E-state index contributed by atoms with van der Waals surface area (Å²) >= 11 is 0. The van der Waals surface area contributed by atoms with E-state index in [1.807, 2.05) is 26.0 Å². The van der Waals surface area contributed by atoms with E-state index in [9.17, 15) is 4.79 Å². The van der Waals surface area contributed by atoms with Crippen LogP contribution in [0.3, 0.4) is 0 Å². The summed E-state index contributed by atoms with van der Waals surface area (Å²) in [5.41, 5.74) is 1.42. The van der Waals surface area contributed by atoms with E-state index in [-0.39, 0.29) is 11.9 Å². The third kappa shape index (κ3) is 4.01. The third-order valence-electron chi connectivity index (χ3n) is 2.51. The molecular formula is C14H17N5O. The third-order valence-corrected chi connectivity index (χ3v) is 2.51. The van der Waals surface area contributed by atoms with Crippen molar-refractivity contribution < 1.29 is 4.79 Å². The fourth-order valence-corrected chi connectivity index (χ4v) is 1.59. The van der Waals surface area contributed by atoms with Gasteiger partial charge in [0.15, 0.2) is 0 Å². The van der Waals surface area contributed by atoms with Gasteiger partial charge in [-0.1, -0.05) is 0 Å². The Kier molecular flexibility index (Phi) is 4.60. The first-order valence-corrected chi connectivity index (χ1v) is 6.42. The van der Waals surface area contributed by atoms with Gasteiger partial charge in [-0.2, -0.15) is 0 Å². The standard InChI is InChI=1S/C14H17N5O/c1-10(2)18-13(20)12-5-8-16-14(19-12)17-9-11-3-6-15-7-4-11/h3-8,10H,9H2,1-2H3,(H,18,20)(H,16,17,19). The minimum atomic E-state index is -0.200. The van der Waals surface area contributed by atoms with Gasteiger partial charge in [0.2, 0.25) is 5.95 Å². The maximum absolute atomic E-state index is 11.8. The quantitative estimate of drug-likeness (QED) is 0.864. The van der Waals surface area contributed by atoms with Crippen molar-refractivity contribution in [1.82, 2.24) is 20.3 Å². The summed E-state index contributed by atoms with van der Waals surface area (Å²) in [7, 11) is 0. The highest BCUT2D eigenvalue weighted by atomic mass is 16.1. The number of amides is 1. The van der Waals surface area contributed by atoms with Gasteiger partial charge in [0.1, 0.15) is 5.69 Å². The molecule has 1 amide bonds. The van der Waals surface area contributed by atoms with Crippen LogP contribution in [0, 0.1) is 0 Å². The summed E-state index contributed by atoms with van der Waals surface area (Å²) in [6.45, 7) is 4.39. The molecule has 104 valence electrons. The van der Waals surface area contributed by atoms with Gasteiger partial charge in [0.05, 0.1) is 0 Å². The molecule has 0 atom stereocenters. The Morgan fingerprint density at radius 1 is 1.20 bits per heavy atom. The molecular weight excluding hydrogens is 254 g/mol. The van der Waals surface area contributed by atoms with Crippen molar-refractivity contribution in [3.63, 3.8) is 0 Å². The van der Waals surface area contributed by atoms with Crippen LogP contribution in [-0.4, -0.2) is 26.9 Å². The molecule has 0 aliphatic carbocycles. The maximum atomic E-state index is 11.8. The van der Waals surface area contributed by atoms with Crippen molar-refractivity contribution in [2.24, 2.45) is 0 Å². The summed E-state index contributed by atoms with van der Waals surface area (Å²) in [6.07, 6.45) is 5.02. The zero-order valence-corrected chi connectivity index (χ0v) is 11.5. The number of aromatic nitrogens is 3. The number of hydrogen-bond donors (Lipinski definition) is 2. The molecule has 20 heavy (non-hydrogen) atoms. The zero-order chi connectivity index (χ0) is 14.4. The summed E-state index contributed by atoms with van der Waals surface area (Å²) in [4.78, 5) is 24.1. The number of carbonyl (C=O) groups excluding carboxylic acids is 1. The summed E-state index contributed by atoms with van der Waals surface area (Å²) in [6, 6.07) is 5.48. The largest absolute Gasteiger partial charge is 0.350 e. The van der Waals surface area contributed by atoms with E-state index < -0.39 is 0 Å². The van der Waals surface area contributed by atoms with E-state index >= 15 is 0 Å². The topological polar surface area (TPSA) is 79.8 Å². The zero-order valence-electron chi connectivity index (χ0n) is 11.5. The Labute approximate surface area is 117 Å². The van der Waals surface area contributed by atoms with Crippen molar-refractivity contribution in [2.75, 3.05) is 5.32 Å². The van der Waals surface area contributed by atoms with Crippen LogP contribution < -0.4 is 10.6 Å². The van der Waals surface area contributed by atoms with E-state index in [0.29, 0.717) is 18.2 Å². The second-order valence-corrected chi connectivity index (χ2v) is 4.60. The van der Waals surface area contributed by atoms with Crippen LogP contribution in [0.15, 0.2) is 36.8 Å². The molecule has 0 radical (unpaired) electrons. The Hall–Kier alpha value is -2.50. The van der Waals surface area contributed by atoms with Gasteiger partial charge in [0, 0.05) is 31.2 Å². The number of hydrogen-bond acceptors (Lipinski definition) is 5. The lowest BCUT2D eigenvalue weighted by molar-refractivity contribution is 0.0938. The molecule has 0 aromatic carbocycles. The van der Waals surface area contributed by atoms with Crippen LogP contribution in [0.2, 0.25) is 0 Å². The molecule has 2 heterocycles. The first kappa shape index (κ1) is 13.9. The Balaban J connectivity index is 2.01. The first-order chi connectivity index (χ1) is 9.65. The average molecular weight is 271 g/mol. The van der Waals surface area contributed by atoms with Crippen molar-refractivity contribution >= 4 is 11.9 Å². The predicted octanol–water partition coefficient (Wildman–Crippen LogP) is 1.62. The van der Waals surface area contributed by atoms with Crippen LogP contribution in [0.25, 0.3) is 0 Å². The van der Waals surface area contributed by atoms with Gasteiger partial charge >= 0.3 is 0 Å². The number of nitrogens with zero attached hydrogens (tertiary/aromatic N) is 3. The molecule has 0 fully saturated rings. The minimum Gasteiger partial charge on any atom is -0.350 e. The Bertz CT molecular complexity index is 571. The number of rotatable bonds is 5. The predicted molar refractivity (Wildman–Crippen MR) is 76.2 cm³/mol. The van der Waals surface area contributed by atoms with Gasteiger partial charge in [-0.15, -0.1) is 0 Å². The molecule has 2 N–H and O–H groups in total. The fourth-order valence-electron chi connectivity index (χ4n) is 1.59. The Morgan fingerprint density at radius 2 is 1.95 bits per heavy atom. The molecule has 0 unspecified atom stereocenters. The lowest BCUT2D eigenvalue weighted by atomic mass is 10.3. The van der Waals surface area contributed by atoms with E-state index in [1.54, 1.807) is 24.7 Å². The molecule has 0 saturated heterocycles. The highest BCUT2D eigenvalue weighted by Gasteiger charge is 2.09. The van der Waals surface area contributed by atoms with E-state index in [2.05, 4.69) is 25.6 Å². The van der Waals surface area contributed by atoms with Crippen molar-refractivity contribution in [1.29, 1.82) is 0 Å². The number of pyridine rings is 1. The molecule has 2 aromatic heterocycles. The van der Waals surface area contributed by atoms with Crippen LogP contribution in [-0.2, 0) is 6.54 Å². The molecule has 2 rings (SSSR count). The average Bonchev–Trinajstić information content (AvgIpc) is 2.46. The highest BCUT2D eigenvalue weighted by molar-refractivity contribution is 5.92. The van der Waals surface area contributed by atoms with Crippen LogP contribution in [0.4, 0.5) is 5.95 Å². The van der Waals surface area contributed by atoms with E-state index in [1.165, 1.54) is 0 Å². The molecule has 0 aliphatic rings. The lowest BCUT2D eigenvalue weighted by Gasteiger charge is -2.09. The van der Waals surface area contributed by atoms with E-state index in [4.69, 9.17) is 0 Å². The minimum absolute atomic E-state index is 0.0747. The van der Waals surface area contributed by atoms with Crippen LogP contribution in [0.5, 0.6) is 0 Å². The maximum Gasteiger partial charge on any atom is 0.270 e. The van der Waals surface area contributed by atoms with Gasteiger partial charge in [-0.25, -0.2) is 9.97 Å². The molecule has 6 heteroatoms. The van der Waals surface area contributed by atoms with Crippen LogP contribution in [0.1, 0.15) is 29.9 Å². The summed E-state index contributed by atoms with van der Waals surface area (Å²) < 4.78 is 0.